The number of ether oxygens (including phenoxy) is 1. The Morgan fingerprint density at radius 3 is 2.60 bits per heavy atom. The second-order valence-electron chi connectivity index (χ2n) is 4.29. The van der Waals surface area contributed by atoms with Gasteiger partial charge in [0.25, 0.3) is 5.91 Å². The molecule has 7 heteroatoms. The van der Waals surface area contributed by atoms with Crippen molar-refractivity contribution < 1.29 is 14.7 Å². The molecule has 0 unspecified atom stereocenters. The molecule has 3 N–H and O–H groups in total. The van der Waals surface area contributed by atoms with Gasteiger partial charge in [-0.05, 0) is 24.3 Å². The highest BCUT2D eigenvalue weighted by atomic mass is 32.2. The first-order valence-electron chi connectivity index (χ1n) is 6.27. The molecule has 0 bridgehead atoms. The molecule has 0 radical (unpaired) electrons. The number of carbonyl (C=O) groups is 1. The minimum absolute atomic E-state index is 0.00538. The lowest BCUT2D eigenvalue weighted by Crippen LogP contribution is -2.40. The fourth-order valence-electron chi connectivity index (χ4n) is 1.83. The lowest BCUT2D eigenvalue weighted by Gasteiger charge is -2.26. The van der Waals surface area contributed by atoms with Crippen LogP contribution in [-0.4, -0.2) is 53.1 Å². The van der Waals surface area contributed by atoms with Crippen LogP contribution < -0.4 is 10.5 Å². The molecule has 1 aromatic rings. The van der Waals surface area contributed by atoms with Crippen molar-refractivity contribution in [3.05, 3.63) is 29.8 Å². The number of carbonyl (C=O) groups excluding carboxylic acids is 1. The van der Waals surface area contributed by atoms with E-state index in [-0.39, 0.29) is 18.3 Å². The van der Waals surface area contributed by atoms with Crippen molar-refractivity contribution in [3.63, 3.8) is 0 Å². The third kappa shape index (κ3) is 3.80. The summed E-state index contributed by atoms with van der Waals surface area (Å²) in [5.74, 6) is 2.60. The summed E-state index contributed by atoms with van der Waals surface area (Å²) in [5, 5.41) is 11.5. The average Bonchev–Trinajstić information content (AvgIpc) is 2.53. The molecule has 1 aromatic carbocycles. The molecule has 2 rings (SSSR count). The summed E-state index contributed by atoms with van der Waals surface area (Å²) < 4.78 is 5.45. The molecule has 1 saturated heterocycles. The third-order valence-corrected chi connectivity index (χ3v) is 3.93. The van der Waals surface area contributed by atoms with E-state index >= 15 is 0 Å². The maximum atomic E-state index is 11.9. The Labute approximate surface area is 121 Å². The minimum Gasteiger partial charge on any atom is -0.484 e. The van der Waals surface area contributed by atoms with Gasteiger partial charge in [0.2, 0.25) is 0 Å². The largest absolute Gasteiger partial charge is 0.484 e. The molecule has 0 aliphatic carbocycles. The number of thioether (sulfide) groups is 1. The fourth-order valence-corrected chi connectivity index (χ4v) is 2.73. The van der Waals surface area contributed by atoms with Crippen LogP contribution in [0.4, 0.5) is 0 Å². The number of rotatable bonds is 4. The van der Waals surface area contributed by atoms with Crippen molar-refractivity contribution in [1.29, 1.82) is 0 Å². The Morgan fingerprint density at radius 1 is 1.35 bits per heavy atom. The molecule has 0 spiro atoms. The smallest absolute Gasteiger partial charge is 0.260 e. The number of amidine groups is 1. The zero-order chi connectivity index (χ0) is 14.4. The second kappa shape index (κ2) is 7.04. The zero-order valence-corrected chi connectivity index (χ0v) is 11.8. The average molecular weight is 295 g/mol. The molecule has 1 fully saturated rings. The van der Waals surface area contributed by atoms with E-state index in [0.717, 1.165) is 24.6 Å². The molecule has 1 heterocycles. The first-order chi connectivity index (χ1) is 9.70. The molecule has 1 aliphatic heterocycles. The molecule has 1 amide bonds. The van der Waals surface area contributed by atoms with Gasteiger partial charge in [0.05, 0.1) is 0 Å². The van der Waals surface area contributed by atoms with E-state index in [1.807, 2.05) is 16.7 Å². The monoisotopic (exact) mass is 295 g/mol. The van der Waals surface area contributed by atoms with Crippen LogP contribution in [0, 0.1) is 0 Å². The zero-order valence-electron chi connectivity index (χ0n) is 11.0. The fraction of sp³-hybridized carbons (Fsp3) is 0.385. The lowest BCUT2D eigenvalue weighted by atomic mass is 10.2. The van der Waals surface area contributed by atoms with Crippen LogP contribution in [0.2, 0.25) is 0 Å². The van der Waals surface area contributed by atoms with Crippen LogP contribution in [-0.2, 0) is 4.79 Å². The summed E-state index contributed by atoms with van der Waals surface area (Å²) in [5.41, 5.74) is 6.06. The summed E-state index contributed by atoms with van der Waals surface area (Å²) in [6.07, 6.45) is 0. The highest BCUT2D eigenvalue weighted by Gasteiger charge is 2.16. The number of hydrogen-bond donors (Lipinski definition) is 2. The van der Waals surface area contributed by atoms with Gasteiger partial charge in [-0.2, -0.15) is 11.8 Å². The number of oxime groups is 1. The van der Waals surface area contributed by atoms with Gasteiger partial charge in [0.1, 0.15) is 5.75 Å². The van der Waals surface area contributed by atoms with E-state index in [9.17, 15) is 4.79 Å². The van der Waals surface area contributed by atoms with E-state index in [0.29, 0.717) is 11.3 Å². The van der Waals surface area contributed by atoms with Crippen LogP contribution in [0.25, 0.3) is 0 Å². The highest BCUT2D eigenvalue weighted by molar-refractivity contribution is 7.99. The Bertz CT molecular complexity index is 484. The Morgan fingerprint density at radius 2 is 2.00 bits per heavy atom. The predicted octanol–water partition coefficient (Wildman–Crippen LogP) is 0.735. The number of hydrogen-bond acceptors (Lipinski definition) is 5. The van der Waals surface area contributed by atoms with E-state index in [4.69, 9.17) is 15.7 Å². The second-order valence-corrected chi connectivity index (χ2v) is 5.52. The summed E-state index contributed by atoms with van der Waals surface area (Å²) in [4.78, 5) is 13.7. The van der Waals surface area contributed by atoms with Gasteiger partial charge in [0, 0.05) is 30.2 Å². The first kappa shape index (κ1) is 14.5. The van der Waals surface area contributed by atoms with Crippen LogP contribution in [0.15, 0.2) is 29.4 Å². The maximum Gasteiger partial charge on any atom is 0.260 e. The summed E-state index contributed by atoms with van der Waals surface area (Å²) in [6.45, 7) is 1.61. The van der Waals surface area contributed by atoms with Crippen LogP contribution in [0.3, 0.4) is 0 Å². The van der Waals surface area contributed by atoms with Gasteiger partial charge in [-0.15, -0.1) is 0 Å². The Kier molecular flexibility index (Phi) is 5.11. The SMILES string of the molecule is N/C(=N\O)c1ccc(OCC(=O)N2CCSCC2)cc1. The van der Waals surface area contributed by atoms with Crippen molar-refractivity contribution in [2.75, 3.05) is 31.2 Å². The van der Waals surface area contributed by atoms with E-state index < -0.39 is 0 Å². The molecule has 108 valence electrons. The molecule has 1 aliphatic rings. The quantitative estimate of drug-likeness (QED) is 0.370. The Hall–Kier alpha value is -1.89. The predicted molar refractivity (Wildman–Crippen MR) is 78.4 cm³/mol. The number of nitrogens with zero attached hydrogens (tertiary/aromatic N) is 2. The van der Waals surface area contributed by atoms with Gasteiger partial charge < -0.3 is 20.6 Å². The first-order valence-corrected chi connectivity index (χ1v) is 7.42. The van der Waals surface area contributed by atoms with E-state index in [2.05, 4.69) is 5.16 Å². The molecule has 0 saturated carbocycles. The maximum absolute atomic E-state index is 11.9. The van der Waals surface area contributed by atoms with Crippen LogP contribution in [0.5, 0.6) is 5.75 Å². The normalized spacial score (nSPS) is 16.0. The summed E-state index contributed by atoms with van der Waals surface area (Å²) in [7, 11) is 0. The van der Waals surface area contributed by atoms with Crippen LogP contribution >= 0.6 is 11.8 Å². The van der Waals surface area contributed by atoms with Gasteiger partial charge in [-0.3, -0.25) is 4.79 Å². The molecular weight excluding hydrogens is 278 g/mol. The van der Waals surface area contributed by atoms with Gasteiger partial charge in [-0.25, -0.2) is 0 Å². The van der Waals surface area contributed by atoms with Crippen LogP contribution in [0.1, 0.15) is 5.56 Å². The number of amides is 1. The molecule has 0 aromatic heterocycles. The highest BCUT2D eigenvalue weighted by Crippen LogP contribution is 2.13. The summed E-state index contributed by atoms with van der Waals surface area (Å²) >= 11 is 1.86. The Balaban J connectivity index is 1.85. The van der Waals surface area contributed by atoms with Gasteiger partial charge in [-0.1, -0.05) is 5.16 Å². The molecule has 6 nitrogen and oxygen atoms in total. The number of benzene rings is 1. The number of nitrogens with two attached hydrogens (primary N) is 1. The molecule has 20 heavy (non-hydrogen) atoms. The molecular formula is C13H17N3O3S. The summed E-state index contributed by atoms with van der Waals surface area (Å²) in [6, 6.07) is 6.72. The van der Waals surface area contributed by atoms with E-state index in [1.54, 1.807) is 24.3 Å². The minimum atomic E-state index is 0.00538. The van der Waals surface area contributed by atoms with E-state index in [1.165, 1.54) is 0 Å². The third-order valence-electron chi connectivity index (χ3n) is 2.98. The van der Waals surface area contributed by atoms with Crippen molar-refractivity contribution in [1.82, 2.24) is 4.90 Å². The van der Waals surface area contributed by atoms with Crippen molar-refractivity contribution in [2.24, 2.45) is 10.9 Å². The van der Waals surface area contributed by atoms with Gasteiger partial charge >= 0.3 is 0 Å². The van der Waals surface area contributed by atoms with Crippen molar-refractivity contribution in [2.45, 2.75) is 0 Å². The lowest BCUT2D eigenvalue weighted by molar-refractivity contribution is -0.132. The van der Waals surface area contributed by atoms with Crippen molar-refractivity contribution in [3.8, 4) is 5.75 Å². The van der Waals surface area contributed by atoms with Crippen molar-refractivity contribution >= 4 is 23.5 Å². The topological polar surface area (TPSA) is 88.1 Å². The standard InChI is InChI=1S/C13H17N3O3S/c14-13(15-18)10-1-3-11(4-2-10)19-9-12(17)16-5-7-20-8-6-16/h1-4,18H,5-9H2,(H2,14,15). The molecule has 0 atom stereocenters. The van der Waals surface area contributed by atoms with Gasteiger partial charge in [0.15, 0.2) is 12.4 Å².